The number of ether oxygens (including phenoxy) is 1. The minimum Gasteiger partial charge on any atom is -0.438 e. The van der Waals surface area contributed by atoms with Crippen molar-refractivity contribution in [2.45, 2.75) is 0 Å². The van der Waals surface area contributed by atoms with E-state index in [4.69, 9.17) is 10.5 Å². The zero-order valence-electron chi connectivity index (χ0n) is 12.4. The molecule has 0 spiro atoms. The fraction of sp³-hybridized carbons (Fsp3) is 0. The predicted octanol–water partition coefficient (Wildman–Crippen LogP) is 3.53. The second-order valence-corrected chi connectivity index (χ2v) is 5.12. The summed E-state index contributed by atoms with van der Waals surface area (Å²) in [6, 6.07) is 11.7. The number of anilines is 1. The molecule has 0 amide bonds. The number of benzene rings is 1. The third kappa shape index (κ3) is 2.52. The molecular weight excluding hydrogens is 309 g/mol. The number of rotatable bonds is 3. The Kier molecular flexibility index (Phi) is 3.31. The lowest BCUT2D eigenvalue weighted by Crippen LogP contribution is -1.93. The van der Waals surface area contributed by atoms with E-state index in [1.54, 1.807) is 12.3 Å². The highest BCUT2D eigenvalue weighted by Crippen LogP contribution is 2.30. The van der Waals surface area contributed by atoms with Gasteiger partial charge in [0.15, 0.2) is 0 Å². The van der Waals surface area contributed by atoms with E-state index in [-0.39, 0.29) is 5.69 Å². The first-order valence-electron chi connectivity index (χ1n) is 7.19. The number of hydrogen-bond acceptors (Lipinski definition) is 5. The largest absolute Gasteiger partial charge is 0.438 e. The van der Waals surface area contributed by atoms with Gasteiger partial charge in [-0.3, -0.25) is 4.98 Å². The topological polar surface area (TPSA) is 89.7 Å². The summed E-state index contributed by atoms with van der Waals surface area (Å²) >= 11 is 0. The van der Waals surface area contributed by atoms with Gasteiger partial charge in [0.2, 0.25) is 5.88 Å². The Bertz CT molecular complexity index is 1020. The minimum atomic E-state index is -0.541. The lowest BCUT2D eigenvalue weighted by molar-refractivity contribution is 0.463. The number of halogens is 1. The number of pyridine rings is 1. The van der Waals surface area contributed by atoms with Gasteiger partial charge in [-0.05, 0) is 30.3 Å². The summed E-state index contributed by atoms with van der Waals surface area (Å²) in [5.41, 5.74) is 7.71. The summed E-state index contributed by atoms with van der Waals surface area (Å²) in [5, 5.41) is 0.676. The number of nitrogens with one attached hydrogen (secondary N) is 1. The maximum atomic E-state index is 13.6. The molecular formula is C17H12FN5O. The number of hydrogen-bond donors (Lipinski definition) is 2. The number of fused-ring (bicyclic) bond motifs is 1. The maximum Gasteiger partial charge on any atom is 0.231 e. The predicted molar refractivity (Wildman–Crippen MR) is 88.0 cm³/mol. The number of nitrogens with zero attached hydrogens (tertiary/aromatic N) is 3. The van der Waals surface area contributed by atoms with Crippen molar-refractivity contribution in [2.24, 2.45) is 0 Å². The molecule has 0 aliphatic carbocycles. The van der Waals surface area contributed by atoms with E-state index in [1.807, 2.05) is 24.3 Å². The molecule has 0 saturated carbocycles. The van der Waals surface area contributed by atoms with E-state index in [1.165, 1.54) is 18.5 Å². The van der Waals surface area contributed by atoms with Crippen LogP contribution in [0.2, 0.25) is 0 Å². The SMILES string of the molecule is Nc1ccc(Oc2ncnc3[nH]c(-c4ccccn4)cc23)cc1F. The van der Waals surface area contributed by atoms with Crippen LogP contribution in [0.25, 0.3) is 22.4 Å². The Balaban J connectivity index is 1.76. The second-order valence-electron chi connectivity index (χ2n) is 5.12. The average Bonchev–Trinajstić information content (AvgIpc) is 3.04. The number of aromatic amines is 1. The van der Waals surface area contributed by atoms with Gasteiger partial charge in [-0.1, -0.05) is 6.07 Å². The van der Waals surface area contributed by atoms with Crippen LogP contribution in [0.4, 0.5) is 10.1 Å². The molecule has 1 aromatic carbocycles. The highest BCUT2D eigenvalue weighted by molar-refractivity contribution is 5.86. The van der Waals surface area contributed by atoms with Gasteiger partial charge in [-0.25, -0.2) is 14.4 Å². The smallest absolute Gasteiger partial charge is 0.231 e. The summed E-state index contributed by atoms with van der Waals surface area (Å²) < 4.78 is 19.3. The lowest BCUT2D eigenvalue weighted by Gasteiger charge is -2.06. The van der Waals surface area contributed by atoms with Crippen molar-refractivity contribution in [3.63, 3.8) is 0 Å². The minimum absolute atomic E-state index is 0.0641. The van der Waals surface area contributed by atoms with Crippen molar-refractivity contribution in [2.75, 3.05) is 5.73 Å². The third-order valence-electron chi connectivity index (χ3n) is 3.52. The summed E-state index contributed by atoms with van der Waals surface area (Å²) in [7, 11) is 0. The molecule has 4 aromatic rings. The molecule has 3 heterocycles. The van der Waals surface area contributed by atoms with Gasteiger partial charge in [0.25, 0.3) is 0 Å². The fourth-order valence-electron chi connectivity index (χ4n) is 2.34. The Morgan fingerprint density at radius 2 is 1.96 bits per heavy atom. The molecule has 6 nitrogen and oxygen atoms in total. The molecule has 0 fully saturated rings. The molecule has 0 saturated heterocycles. The molecule has 0 unspecified atom stereocenters. The Hall–Kier alpha value is -3.48. The van der Waals surface area contributed by atoms with Gasteiger partial charge in [0, 0.05) is 12.3 Å². The van der Waals surface area contributed by atoms with Gasteiger partial charge in [-0.2, -0.15) is 0 Å². The van der Waals surface area contributed by atoms with Crippen LogP contribution in [0, 0.1) is 5.82 Å². The molecule has 7 heteroatoms. The standard InChI is InChI=1S/C17H12FN5O/c18-12-7-10(4-5-13(12)19)24-17-11-8-15(14-3-1-2-6-20-14)23-16(11)21-9-22-17/h1-9H,19H2,(H,21,22,23). The Morgan fingerprint density at radius 3 is 2.75 bits per heavy atom. The van der Waals surface area contributed by atoms with Crippen LogP contribution >= 0.6 is 0 Å². The zero-order valence-corrected chi connectivity index (χ0v) is 12.4. The molecule has 3 N–H and O–H groups in total. The molecule has 0 bridgehead atoms. The van der Waals surface area contributed by atoms with E-state index in [0.29, 0.717) is 22.7 Å². The molecule has 3 aromatic heterocycles. The van der Waals surface area contributed by atoms with Crippen LogP contribution in [0.15, 0.2) is 55.0 Å². The van der Waals surface area contributed by atoms with E-state index in [0.717, 1.165) is 11.4 Å². The van der Waals surface area contributed by atoms with E-state index >= 15 is 0 Å². The van der Waals surface area contributed by atoms with Crippen LogP contribution in [0.5, 0.6) is 11.6 Å². The quantitative estimate of drug-likeness (QED) is 0.563. The van der Waals surface area contributed by atoms with E-state index in [9.17, 15) is 4.39 Å². The average molecular weight is 321 g/mol. The highest BCUT2D eigenvalue weighted by Gasteiger charge is 2.12. The number of aromatic nitrogens is 4. The van der Waals surface area contributed by atoms with E-state index < -0.39 is 5.82 Å². The van der Waals surface area contributed by atoms with Crippen molar-refractivity contribution in [1.82, 2.24) is 19.9 Å². The Morgan fingerprint density at radius 1 is 1.04 bits per heavy atom. The first-order valence-corrected chi connectivity index (χ1v) is 7.19. The first-order chi connectivity index (χ1) is 11.7. The second kappa shape index (κ2) is 5.62. The maximum absolute atomic E-state index is 13.6. The van der Waals surface area contributed by atoms with Crippen molar-refractivity contribution in [3.05, 3.63) is 60.8 Å². The third-order valence-corrected chi connectivity index (χ3v) is 3.52. The summed E-state index contributed by atoms with van der Waals surface area (Å²) in [6.45, 7) is 0. The molecule has 0 aliphatic rings. The van der Waals surface area contributed by atoms with Crippen LogP contribution < -0.4 is 10.5 Å². The summed E-state index contributed by atoms with van der Waals surface area (Å²) in [4.78, 5) is 15.8. The fourth-order valence-corrected chi connectivity index (χ4v) is 2.34. The van der Waals surface area contributed by atoms with Gasteiger partial charge in [0.05, 0.1) is 22.5 Å². The summed E-state index contributed by atoms with van der Waals surface area (Å²) in [6.07, 6.45) is 3.09. The zero-order chi connectivity index (χ0) is 16.5. The van der Waals surface area contributed by atoms with Crippen molar-refractivity contribution < 1.29 is 9.13 Å². The van der Waals surface area contributed by atoms with Crippen LogP contribution in [-0.4, -0.2) is 19.9 Å². The van der Waals surface area contributed by atoms with Crippen LogP contribution in [0.1, 0.15) is 0 Å². The summed E-state index contributed by atoms with van der Waals surface area (Å²) in [5.74, 6) is 0.0888. The van der Waals surface area contributed by atoms with Crippen molar-refractivity contribution in [1.29, 1.82) is 0 Å². The number of nitrogens with two attached hydrogens (primary N) is 1. The monoisotopic (exact) mass is 321 g/mol. The lowest BCUT2D eigenvalue weighted by atomic mass is 10.2. The van der Waals surface area contributed by atoms with Crippen LogP contribution in [-0.2, 0) is 0 Å². The number of H-pyrrole nitrogens is 1. The van der Waals surface area contributed by atoms with Crippen molar-refractivity contribution in [3.8, 4) is 23.0 Å². The van der Waals surface area contributed by atoms with Gasteiger partial charge in [0.1, 0.15) is 23.5 Å². The molecule has 0 aliphatic heterocycles. The normalized spacial score (nSPS) is 10.9. The van der Waals surface area contributed by atoms with Gasteiger partial charge in [-0.15, -0.1) is 0 Å². The molecule has 118 valence electrons. The molecule has 24 heavy (non-hydrogen) atoms. The molecule has 0 radical (unpaired) electrons. The van der Waals surface area contributed by atoms with Crippen molar-refractivity contribution >= 4 is 16.7 Å². The first kappa shape index (κ1) is 14.1. The molecule has 4 rings (SSSR count). The number of nitrogen functional groups attached to an aromatic ring is 1. The van der Waals surface area contributed by atoms with Crippen LogP contribution in [0.3, 0.4) is 0 Å². The highest BCUT2D eigenvalue weighted by atomic mass is 19.1. The van der Waals surface area contributed by atoms with E-state index in [2.05, 4.69) is 19.9 Å². The van der Waals surface area contributed by atoms with Gasteiger partial charge >= 0.3 is 0 Å². The Labute approximate surface area is 136 Å². The van der Waals surface area contributed by atoms with Gasteiger partial charge < -0.3 is 15.5 Å². The molecule has 0 atom stereocenters.